The second-order valence-electron chi connectivity index (χ2n) is 9.13. The number of esters is 1. The fraction of sp³-hybridized carbons (Fsp3) is 0.444. The highest BCUT2D eigenvalue weighted by Crippen LogP contribution is 2.24. The van der Waals surface area contributed by atoms with E-state index in [1.54, 1.807) is 36.4 Å². The van der Waals surface area contributed by atoms with Gasteiger partial charge in [-0.15, -0.1) is 0 Å². The number of rotatable bonds is 10. The topological polar surface area (TPSA) is 95.9 Å². The van der Waals surface area contributed by atoms with Crippen molar-refractivity contribution in [2.24, 2.45) is 5.92 Å². The van der Waals surface area contributed by atoms with Crippen LogP contribution in [0.5, 0.6) is 5.75 Å². The number of carbonyl (C=O) groups excluding carboxylic acids is 3. The Morgan fingerprint density at radius 1 is 1.03 bits per heavy atom. The van der Waals surface area contributed by atoms with Crippen LogP contribution in [-0.4, -0.2) is 54.0 Å². The van der Waals surface area contributed by atoms with Crippen LogP contribution in [0.2, 0.25) is 10.0 Å². The summed E-state index contributed by atoms with van der Waals surface area (Å²) >= 11 is 12.0. The number of nitrogens with zero attached hydrogens (tertiary/aromatic N) is 1. The molecule has 0 unspecified atom stereocenters. The van der Waals surface area contributed by atoms with Crippen molar-refractivity contribution in [1.29, 1.82) is 0 Å². The number of likely N-dealkylation sites (tertiary alicyclic amines) is 1. The van der Waals surface area contributed by atoms with Crippen molar-refractivity contribution in [3.8, 4) is 5.75 Å². The lowest BCUT2D eigenvalue weighted by Crippen LogP contribution is -2.44. The molecule has 36 heavy (non-hydrogen) atoms. The zero-order valence-corrected chi connectivity index (χ0v) is 21.9. The molecular weight excluding hydrogens is 503 g/mol. The third-order valence-corrected chi connectivity index (χ3v) is 7.27. The van der Waals surface area contributed by atoms with Gasteiger partial charge in [0.15, 0.2) is 0 Å². The fourth-order valence-corrected chi connectivity index (χ4v) is 4.69. The summed E-state index contributed by atoms with van der Waals surface area (Å²) in [4.78, 5) is 39.4. The molecule has 2 aromatic rings. The molecule has 1 atom stereocenters. The number of aromatic hydroxyl groups is 1. The van der Waals surface area contributed by atoms with E-state index in [1.165, 1.54) is 7.11 Å². The van der Waals surface area contributed by atoms with E-state index in [1.807, 2.05) is 11.0 Å². The van der Waals surface area contributed by atoms with Gasteiger partial charge in [-0.1, -0.05) is 41.4 Å². The molecule has 1 fully saturated rings. The van der Waals surface area contributed by atoms with Crippen LogP contribution in [0.25, 0.3) is 0 Å². The van der Waals surface area contributed by atoms with Gasteiger partial charge in [0.05, 0.1) is 17.2 Å². The molecule has 3 rings (SSSR count). The van der Waals surface area contributed by atoms with E-state index >= 15 is 0 Å². The van der Waals surface area contributed by atoms with Gasteiger partial charge < -0.3 is 20.1 Å². The highest BCUT2D eigenvalue weighted by molar-refractivity contribution is 6.42. The second-order valence-corrected chi connectivity index (χ2v) is 9.94. The standard InChI is InChI=1S/C27H32Cl2N2O5/c1-36-27(35)24(10-5-18-2-7-21(32)8-3-18)30-25(33)17-20-12-14-31(15-13-20)26(34)11-6-19-4-9-22(28)23(29)16-19/h2-4,7-9,16,20,24,32H,5-6,10-15,17H2,1H3,(H,30,33)/t24-/m0/s1. The van der Waals surface area contributed by atoms with Gasteiger partial charge in [0.2, 0.25) is 11.8 Å². The van der Waals surface area contributed by atoms with E-state index in [9.17, 15) is 19.5 Å². The van der Waals surface area contributed by atoms with Crippen LogP contribution >= 0.6 is 23.2 Å². The summed E-state index contributed by atoms with van der Waals surface area (Å²) in [5.74, 6) is -0.260. The summed E-state index contributed by atoms with van der Waals surface area (Å²) in [5.41, 5.74) is 1.92. The number of amides is 2. The van der Waals surface area contributed by atoms with E-state index in [0.29, 0.717) is 55.2 Å². The number of halogens is 2. The van der Waals surface area contributed by atoms with Crippen LogP contribution in [0.4, 0.5) is 0 Å². The average molecular weight is 535 g/mol. The first kappa shape index (κ1) is 27.8. The summed E-state index contributed by atoms with van der Waals surface area (Å²) < 4.78 is 4.87. The Morgan fingerprint density at radius 2 is 1.69 bits per heavy atom. The van der Waals surface area contributed by atoms with E-state index in [4.69, 9.17) is 27.9 Å². The number of phenolic OH excluding ortho intramolecular Hbond substituents is 1. The Morgan fingerprint density at radius 3 is 2.33 bits per heavy atom. The van der Waals surface area contributed by atoms with Crippen molar-refractivity contribution in [2.45, 2.75) is 51.0 Å². The maximum Gasteiger partial charge on any atom is 0.328 e. The number of hydrogen-bond donors (Lipinski definition) is 2. The lowest BCUT2D eigenvalue weighted by Gasteiger charge is -2.32. The Bertz CT molecular complexity index is 1050. The molecule has 2 amide bonds. The molecule has 1 aliphatic heterocycles. The van der Waals surface area contributed by atoms with Gasteiger partial charge in [-0.3, -0.25) is 9.59 Å². The molecule has 0 aliphatic carbocycles. The number of piperidine rings is 1. The monoisotopic (exact) mass is 534 g/mol. The molecule has 2 aromatic carbocycles. The van der Waals surface area contributed by atoms with Crippen molar-refractivity contribution >= 4 is 41.0 Å². The Labute approximate surface area is 221 Å². The maximum atomic E-state index is 12.7. The van der Waals surface area contributed by atoms with E-state index in [0.717, 1.165) is 24.0 Å². The van der Waals surface area contributed by atoms with Crippen LogP contribution in [-0.2, 0) is 32.0 Å². The minimum Gasteiger partial charge on any atom is -0.508 e. The zero-order chi connectivity index (χ0) is 26.1. The molecule has 9 heteroatoms. The van der Waals surface area contributed by atoms with Gasteiger partial charge in [0, 0.05) is 25.9 Å². The van der Waals surface area contributed by atoms with E-state index in [2.05, 4.69) is 5.32 Å². The molecule has 194 valence electrons. The van der Waals surface area contributed by atoms with Gasteiger partial charge >= 0.3 is 5.97 Å². The van der Waals surface area contributed by atoms with Crippen LogP contribution in [0, 0.1) is 5.92 Å². The summed E-state index contributed by atoms with van der Waals surface area (Å²) in [6.07, 6.45) is 3.72. The molecule has 1 saturated heterocycles. The molecule has 0 bridgehead atoms. The number of carbonyl (C=O) groups is 3. The van der Waals surface area contributed by atoms with Crippen molar-refractivity contribution in [3.63, 3.8) is 0 Å². The lowest BCUT2D eigenvalue weighted by atomic mass is 9.92. The highest BCUT2D eigenvalue weighted by atomic mass is 35.5. The van der Waals surface area contributed by atoms with Crippen molar-refractivity contribution in [2.75, 3.05) is 20.2 Å². The van der Waals surface area contributed by atoms with E-state index < -0.39 is 12.0 Å². The number of aryl methyl sites for hydroxylation is 2. The SMILES string of the molecule is COC(=O)[C@H](CCc1ccc(O)cc1)NC(=O)CC1CCN(C(=O)CCc2ccc(Cl)c(Cl)c2)CC1. The van der Waals surface area contributed by atoms with Crippen LogP contribution < -0.4 is 5.32 Å². The molecule has 0 spiro atoms. The maximum absolute atomic E-state index is 12.7. The fourth-order valence-electron chi connectivity index (χ4n) is 4.37. The average Bonchev–Trinajstić information content (AvgIpc) is 2.88. The molecule has 2 N–H and O–H groups in total. The number of hydrogen-bond acceptors (Lipinski definition) is 5. The van der Waals surface area contributed by atoms with Crippen LogP contribution in [0.15, 0.2) is 42.5 Å². The first-order valence-corrected chi connectivity index (χ1v) is 12.9. The summed E-state index contributed by atoms with van der Waals surface area (Å²) in [7, 11) is 1.30. The summed E-state index contributed by atoms with van der Waals surface area (Å²) in [6.45, 7) is 1.22. The Kier molecular flexibility index (Phi) is 10.4. The molecule has 0 radical (unpaired) electrons. The quantitative estimate of drug-likeness (QED) is 0.436. The smallest absolute Gasteiger partial charge is 0.328 e. The Balaban J connectivity index is 1.41. The number of phenols is 1. The molecular formula is C27H32Cl2N2O5. The van der Waals surface area contributed by atoms with Crippen molar-refractivity contribution in [1.82, 2.24) is 10.2 Å². The zero-order valence-electron chi connectivity index (χ0n) is 20.3. The number of ether oxygens (including phenoxy) is 1. The minimum atomic E-state index is -0.737. The summed E-state index contributed by atoms with van der Waals surface area (Å²) in [6, 6.07) is 11.4. The van der Waals surface area contributed by atoms with Crippen molar-refractivity contribution < 1.29 is 24.2 Å². The van der Waals surface area contributed by atoms with E-state index in [-0.39, 0.29) is 23.5 Å². The third-order valence-electron chi connectivity index (χ3n) is 6.53. The van der Waals surface area contributed by atoms with Crippen LogP contribution in [0.1, 0.15) is 43.2 Å². The Hall–Kier alpha value is -2.77. The third kappa shape index (κ3) is 8.42. The van der Waals surface area contributed by atoms with Gasteiger partial charge in [0.1, 0.15) is 11.8 Å². The van der Waals surface area contributed by atoms with Gasteiger partial charge in [-0.05, 0) is 73.4 Å². The second kappa shape index (κ2) is 13.5. The highest BCUT2D eigenvalue weighted by Gasteiger charge is 2.27. The molecule has 1 heterocycles. The first-order chi connectivity index (χ1) is 17.2. The van der Waals surface area contributed by atoms with Crippen molar-refractivity contribution in [3.05, 3.63) is 63.6 Å². The predicted octanol–water partition coefficient (Wildman–Crippen LogP) is 4.55. The van der Waals surface area contributed by atoms with Gasteiger partial charge in [-0.25, -0.2) is 4.79 Å². The predicted molar refractivity (Wildman–Crippen MR) is 139 cm³/mol. The van der Waals surface area contributed by atoms with Gasteiger partial charge in [0.25, 0.3) is 0 Å². The minimum absolute atomic E-state index is 0.0870. The number of nitrogens with one attached hydrogen (secondary N) is 1. The molecule has 7 nitrogen and oxygen atoms in total. The summed E-state index contributed by atoms with van der Waals surface area (Å²) in [5, 5.41) is 13.2. The molecule has 0 aromatic heterocycles. The van der Waals surface area contributed by atoms with Gasteiger partial charge in [-0.2, -0.15) is 0 Å². The first-order valence-electron chi connectivity index (χ1n) is 12.1. The largest absolute Gasteiger partial charge is 0.508 e. The van der Waals surface area contributed by atoms with Crippen LogP contribution in [0.3, 0.4) is 0 Å². The number of benzene rings is 2. The molecule has 0 saturated carbocycles. The molecule has 1 aliphatic rings. The normalized spacial score (nSPS) is 14.8. The number of methoxy groups -OCH3 is 1. The lowest BCUT2D eigenvalue weighted by molar-refractivity contribution is -0.145.